The number of alkyl halides is 2. The summed E-state index contributed by atoms with van der Waals surface area (Å²) < 4.78 is 50.1. The molecule has 104 valence electrons. The normalized spacial score (nSPS) is 21.2. The van der Waals surface area contributed by atoms with E-state index in [1.807, 2.05) is 27.7 Å². The summed E-state index contributed by atoms with van der Waals surface area (Å²) in [4.78, 5) is 0. The van der Waals surface area contributed by atoms with Crippen molar-refractivity contribution in [3.05, 3.63) is 29.6 Å². The van der Waals surface area contributed by atoms with Gasteiger partial charge >= 0.3 is 7.12 Å². The van der Waals surface area contributed by atoms with E-state index in [4.69, 9.17) is 9.31 Å². The van der Waals surface area contributed by atoms with Crippen molar-refractivity contribution in [3.63, 3.8) is 0 Å². The third-order valence-electron chi connectivity index (χ3n) is 3.78. The van der Waals surface area contributed by atoms with Gasteiger partial charge in [0.2, 0.25) is 0 Å². The smallest absolute Gasteiger partial charge is 0.399 e. The van der Waals surface area contributed by atoms with Crippen LogP contribution in [-0.4, -0.2) is 18.3 Å². The van der Waals surface area contributed by atoms with Gasteiger partial charge in [-0.2, -0.15) is 0 Å². The Morgan fingerprint density at radius 2 is 1.58 bits per heavy atom. The number of halogens is 3. The molecule has 1 aliphatic heterocycles. The van der Waals surface area contributed by atoms with Crippen LogP contribution in [0.4, 0.5) is 13.2 Å². The van der Waals surface area contributed by atoms with Gasteiger partial charge in [0.25, 0.3) is 6.43 Å². The van der Waals surface area contributed by atoms with Crippen LogP contribution < -0.4 is 5.46 Å². The van der Waals surface area contributed by atoms with Crippen LogP contribution in [-0.2, 0) is 9.31 Å². The van der Waals surface area contributed by atoms with E-state index in [9.17, 15) is 13.2 Å². The second-order valence-electron chi connectivity index (χ2n) is 5.67. The zero-order valence-electron chi connectivity index (χ0n) is 11.3. The molecule has 1 saturated heterocycles. The van der Waals surface area contributed by atoms with Gasteiger partial charge in [0.05, 0.1) is 16.8 Å². The fourth-order valence-electron chi connectivity index (χ4n) is 1.86. The summed E-state index contributed by atoms with van der Waals surface area (Å²) in [7, 11) is -0.761. The third kappa shape index (κ3) is 2.51. The molecule has 1 aliphatic rings. The van der Waals surface area contributed by atoms with Crippen LogP contribution in [0.5, 0.6) is 0 Å². The third-order valence-corrected chi connectivity index (χ3v) is 3.78. The van der Waals surface area contributed by atoms with Crippen LogP contribution >= 0.6 is 0 Å². The number of hydrogen-bond acceptors (Lipinski definition) is 2. The number of benzene rings is 1. The summed E-state index contributed by atoms with van der Waals surface area (Å²) in [5.41, 5.74) is -1.35. The van der Waals surface area contributed by atoms with E-state index in [1.165, 1.54) is 6.07 Å². The molecule has 1 aromatic carbocycles. The summed E-state index contributed by atoms with van der Waals surface area (Å²) in [6.07, 6.45) is -2.86. The molecule has 0 amide bonds. The quantitative estimate of drug-likeness (QED) is 0.774. The van der Waals surface area contributed by atoms with Crippen LogP contribution in [0.2, 0.25) is 0 Å². The van der Waals surface area contributed by atoms with Crippen molar-refractivity contribution in [1.29, 1.82) is 0 Å². The molecule has 0 bridgehead atoms. The Morgan fingerprint density at radius 3 is 2.05 bits per heavy atom. The summed E-state index contributed by atoms with van der Waals surface area (Å²) in [6, 6.07) is 3.52. The van der Waals surface area contributed by atoms with E-state index < -0.39 is 36.1 Å². The lowest BCUT2D eigenvalue weighted by atomic mass is 9.90. The second-order valence-corrected chi connectivity index (χ2v) is 5.67. The molecule has 1 fully saturated rings. The van der Waals surface area contributed by atoms with Gasteiger partial charge in [-0.05, 0) is 39.2 Å². The maximum atomic E-state index is 13.2. The molecule has 2 rings (SSSR count). The molecule has 2 nitrogen and oxygen atoms in total. The minimum absolute atomic E-state index is 0.398. The minimum atomic E-state index is -2.86. The maximum Gasteiger partial charge on any atom is 0.494 e. The molecule has 1 heterocycles. The van der Waals surface area contributed by atoms with E-state index in [0.717, 1.165) is 12.1 Å². The first kappa shape index (κ1) is 14.4. The summed E-state index contributed by atoms with van der Waals surface area (Å²) in [5, 5.41) is 0. The topological polar surface area (TPSA) is 18.5 Å². The molecular formula is C13H16BF3O2. The Labute approximate surface area is 111 Å². The second kappa shape index (κ2) is 4.53. The summed E-state index contributed by atoms with van der Waals surface area (Å²) in [5.74, 6) is -0.921. The van der Waals surface area contributed by atoms with E-state index in [1.54, 1.807) is 0 Å². The largest absolute Gasteiger partial charge is 0.494 e. The SMILES string of the molecule is CC1(C)OB([13c]2[13cH][13cH][13c](F)[13c](C(F)F)[13cH]2)OC1(C)C. The average molecular weight is 278 g/mol. The van der Waals surface area contributed by atoms with Crippen molar-refractivity contribution < 1.29 is 22.5 Å². The number of hydrogen-bond donors (Lipinski definition) is 0. The van der Waals surface area contributed by atoms with Crippen molar-refractivity contribution in [2.75, 3.05) is 0 Å². The average Bonchev–Trinajstić information content (AvgIpc) is 2.48. The molecule has 0 aliphatic carbocycles. The Kier molecular flexibility index (Phi) is 3.43. The van der Waals surface area contributed by atoms with Gasteiger partial charge < -0.3 is 9.31 Å². The van der Waals surface area contributed by atoms with Crippen molar-refractivity contribution in [3.8, 4) is 0 Å². The Hall–Kier alpha value is -1.01. The Balaban J connectivity index is 2.32. The van der Waals surface area contributed by atoms with Crippen molar-refractivity contribution >= 4 is 12.6 Å². The standard InChI is InChI=1S/C13H16BF3O2/c1-12(2)13(3,4)19-14(18-12)8-5-6-10(15)9(7-8)11(16)17/h5-7,11H,1-4H3/i5+1,6+1,7+1,8+1,9+1,10+1. The molecule has 0 aromatic heterocycles. The lowest BCUT2D eigenvalue weighted by Gasteiger charge is -2.32. The highest BCUT2D eigenvalue weighted by atomic mass is 19.3. The van der Waals surface area contributed by atoms with Crippen LogP contribution in [0.25, 0.3) is 0 Å². The van der Waals surface area contributed by atoms with Gasteiger partial charge in [-0.1, -0.05) is 12.1 Å². The van der Waals surface area contributed by atoms with Crippen molar-refractivity contribution in [2.24, 2.45) is 0 Å². The zero-order chi connectivity index (χ0) is 14.4. The fraction of sp³-hybridized carbons (Fsp3) is 0.538. The molecule has 0 atom stereocenters. The van der Waals surface area contributed by atoms with Gasteiger partial charge in [0, 0.05) is 0 Å². The minimum Gasteiger partial charge on any atom is -0.399 e. The first-order valence-electron chi connectivity index (χ1n) is 6.07. The predicted molar refractivity (Wildman–Crippen MR) is 67.1 cm³/mol. The molecule has 6 heteroatoms. The van der Waals surface area contributed by atoms with Gasteiger partial charge in [-0.25, -0.2) is 13.2 Å². The van der Waals surface area contributed by atoms with E-state index >= 15 is 0 Å². The maximum absolute atomic E-state index is 13.2. The molecule has 19 heavy (non-hydrogen) atoms. The van der Waals surface area contributed by atoms with Gasteiger partial charge in [0.1, 0.15) is 5.82 Å². The lowest BCUT2D eigenvalue weighted by molar-refractivity contribution is 0.00578. The van der Waals surface area contributed by atoms with Crippen molar-refractivity contribution in [1.82, 2.24) is 0 Å². The fourth-order valence-corrected chi connectivity index (χ4v) is 1.86. The monoisotopic (exact) mass is 278 g/mol. The van der Waals surface area contributed by atoms with E-state index in [-0.39, 0.29) is 0 Å². The Morgan fingerprint density at radius 1 is 1.05 bits per heavy atom. The molecule has 1 aromatic rings. The van der Waals surface area contributed by atoms with Crippen LogP contribution in [0.15, 0.2) is 18.2 Å². The first-order valence-corrected chi connectivity index (χ1v) is 6.07. The molecule has 0 unspecified atom stereocenters. The molecular weight excluding hydrogens is 262 g/mol. The van der Waals surface area contributed by atoms with Crippen LogP contribution in [0.1, 0.15) is 39.7 Å². The van der Waals surface area contributed by atoms with Crippen LogP contribution in [0.3, 0.4) is 0 Å². The highest BCUT2D eigenvalue weighted by molar-refractivity contribution is 6.62. The highest BCUT2D eigenvalue weighted by Crippen LogP contribution is 2.36. The van der Waals surface area contributed by atoms with Crippen LogP contribution in [0, 0.1) is 5.82 Å². The zero-order valence-corrected chi connectivity index (χ0v) is 11.3. The van der Waals surface area contributed by atoms with E-state index in [2.05, 4.69) is 0 Å². The van der Waals surface area contributed by atoms with Gasteiger partial charge in [-0.15, -0.1) is 0 Å². The molecule has 0 spiro atoms. The number of rotatable bonds is 2. The molecule has 0 N–H and O–H groups in total. The summed E-state index contributed by atoms with van der Waals surface area (Å²) >= 11 is 0. The highest BCUT2D eigenvalue weighted by Gasteiger charge is 2.51. The lowest BCUT2D eigenvalue weighted by Crippen LogP contribution is -2.41. The van der Waals surface area contributed by atoms with Gasteiger partial charge in [-0.3, -0.25) is 0 Å². The van der Waals surface area contributed by atoms with E-state index in [0.29, 0.717) is 5.46 Å². The molecule has 0 saturated carbocycles. The van der Waals surface area contributed by atoms with Gasteiger partial charge in [0.15, 0.2) is 0 Å². The Bertz CT molecular complexity index is 473. The van der Waals surface area contributed by atoms with Crippen molar-refractivity contribution in [2.45, 2.75) is 45.3 Å². The predicted octanol–water partition coefficient (Wildman–Crippen LogP) is 3.06. The summed E-state index contributed by atoms with van der Waals surface area (Å²) in [6.45, 7) is 7.46. The molecule has 0 radical (unpaired) electrons. The first-order chi connectivity index (χ1) is 8.64.